The van der Waals surface area contributed by atoms with Gasteiger partial charge in [-0.3, -0.25) is 4.99 Å². The summed E-state index contributed by atoms with van der Waals surface area (Å²) in [5.74, 6) is 0.577. The number of aryl methyl sites for hydroxylation is 2. The van der Waals surface area contributed by atoms with Crippen molar-refractivity contribution in [3.8, 4) is 0 Å². The topological polar surface area (TPSA) is 41.6 Å². The molecule has 1 heterocycles. The number of hydrogen-bond donors (Lipinski definition) is 1. The molecule has 4 heteroatoms. The van der Waals surface area contributed by atoms with Gasteiger partial charge in [-0.1, -0.05) is 35.9 Å². The first kappa shape index (κ1) is 14.1. The minimum absolute atomic E-state index is 0.156. The van der Waals surface area contributed by atoms with Crippen LogP contribution in [0.4, 0.5) is 5.69 Å². The average Bonchev–Trinajstić information content (AvgIpc) is 2.84. The van der Waals surface area contributed by atoms with Crippen LogP contribution >= 0.6 is 15.9 Å². The second kappa shape index (κ2) is 5.53. The Morgan fingerprint density at radius 1 is 1.19 bits per heavy atom. The van der Waals surface area contributed by atoms with Crippen LogP contribution in [-0.4, -0.2) is 12.5 Å². The molecule has 0 amide bonds. The number of anilines is 1. The molecule has 0 fully saturated rings. The monoisotopic (exact) mass is 343 g/mol. The summed E-state index contributed by atoms with van der Waals surface area (Å²) in [4.78, 5) is 6.58. The maximum atomic E-state index is 6.15. The van der Waals surface area contributed by atoms with Crippen LogP contribution < -0.4 is 10.6 Å². The number of guanidine groups is 1. The molecule has 108 valence electrons. The van der Waals surface area contributed by atoms with Crippen molar-refractivity contribution >= 4 is 27.6 Å². The van der Waals surface area contributed by atoms with E-state index >= 15 is 0 Å². The average molecular weight is 344 g/mol. The summed E-state index contributed by atoms with van der Waals surface area (Å²) in [7, 11) is 0. The number of nitrogens with two attached hydrogens (primary N) is 1. The third kappa shape index (κ3) is 2.56. The molecule has 2 aromatic rings. The van der Waals surface area contributed by atoms with Gasteiger partial charge in [0.25, 0.3) is 0 Å². The lowest BCUT2D eigenvalue weighted by Gasteiger charge is -2.28. The molecule has 0 bridgehead atoms. The normalized spacial score (nSPS) is 18.0. The molecule has 2 aromatic carbocycles. The Kier molecular flexibility index (Phi) is 3.72. The number of benzene rings is 2. The van der Waals surface area contributed by atoms with Crippen LogP contribution in [0.2, 0.25) is 0 Å². The van der Waals surface area contributed by atoms with Crippen LogP contribution in [0.15, 0.2) is 51.9 Å². The van der Waals surface area contributed by atoms with Gasteiger partial charge in [0.15, 0.2) is 5.96 Å². The molecule has 21 heavy (non-hydrogen) atoms. The van der Waals surface area contributed by atoms with Gasteiger partial charge >= 0.3 is 0 Å². The molecule has 0 radical (unpaired) electrons. The molecule has 0 saturated heterocycles. The molecular weight excluding hydrogens is 326 g/mol. The molecule has 0 aliphatic carbocycles. The summed E-state index contributed by atoms with van der Waals surface area (Å²) in [5.41, 5.74) is 11.0. The molecule has 3 nitrogen and oxygen atoms in total. The lowest BCUT2D eigenvalue weighted by Crippen LogP contribution is -2.36. The van der Waals surface area contributed by atoms with Crippen LogP contribution in [0.5, 0.6) is 0 Å². The van der Waals surface area contributed by atoms with Crippen molar-refractivity contribution in [3.05, 3.63) is 63.6 Å². The predicted molar refractivity (Wildman–Crippen MR) is 91.8 cm³/mol. The van der Waals surface area contributed by atoms with E-state index in [0.29, 0.717) is 12.5 Å². The lowest BCUT2D eigenvalue weighted by molar-refractivity contribution is 0.760. The fourth-order valence-corrected chi connectivity index (χ4v) is 3.27. The number of aliphatic imine (C=N–C) groups is 1. The van der Waals surface area contributed by atoms with Gasteiger partial charge in [0.05, 0.1) is 18.3 Å². The van der Waals surface area contributed by atoms with Gasteiger partial charge in [-0.25, -0.2) is 0 Å². The minimum Gasteiger partial charge on any atom is -0.369 e. The van der Waals surface area contributed by atoms with E-state index in [4.69, 9.17) is 5.73 Å². The van der Waals surface area contributed by atoms with Gasteiger partial charge in [-0.2, -0.15) is 0 Å². The molecule has 1 aliphatic heterocycles. The van der Waals surface area contributed by atoms with Gasteiger partial charge in [0.2, 0.25) is 0 Å². The smallest absolute Gasteiger partial charge is 0.196 e. The first-order valence-corrected chi connectivity index (χ1v) is 7.78. The number of para-hydroxylation sites is 1. The second-order valence-electron chi connectivity index (χ2n) is 5.40. The highest BCUT2D eigenvalue weighted by molar-refractivity contribution is 9.10. The standard InChI is InChI=1S/C17H18BrN3/c1-11-7-8-12(2)13(9-11)16-10-20-17(19)21(16)15-6-4-3-5-14(15)18/h3-9,16H,10H2,1-2H3,(H2,19,20). The number of rotatable bonds is 2. The maximum Gasteiger partial charge on any atom is 0.196 e. The highest BCUT2D eigenvalue weighted by atomic mass is 79.9. The fourth-order valence-electron chi connectivity index (χ4n) is 2.79. The van der Waals surface area contributed by atoms with Crippen molar-refractivity contribution in [1.82, 2.24) is 0 Å². The SMILES string of the molecule is Cc1ccc(C)c(C2CN=C(N)N2c2ccccc2Br)c1. The molecule has 1 unspecified atom stereocenters. The van der Waals surface area contributed by atoms with E-state index < -0.39 is 0 Å². The minimum atomic E-state index is 0.156. The zero-order chi connectivity index (χ0) is 15.0. The van der Waals surface area contributed by atoms with Crippen LogP contribution in [0.1, 0.15) is 22.7 Å². The second-order valence-corrected chi connectivity index (χ2v) is 6.25. The van der Waals surface area contributed by atoms with E-state index in [1.165, 1.54) is 16.7 Å². The number of nitrogens with zero attached hydrogens (tertiary/aromatic N) is 2. The Balaban J connectivity index is 2.07. The molecular formula is C17H18BrN3. The maximum absolute atomic E-state index is 6.15. The zero-order valence-electron chi connectivity index (χ0n) is 12.2. The fraction of sp³-hybridized carbons (Fsp3) is 0.235. The van der Waals surface area contributed by atoms with Crippen LogP contribution in [0, 0.1) is 13.8 Å². The summed E-state index contributed by atoms with van der Waals surface area (Å²) >= 11 is 3.61. The van der Waals surface area contributed by atoms with Gasteiger partial charge in [0.1, 0.15) is 0 Å². The van der Waals surface area contributed by atoms with E-state index in [2.05, 4.69) is 63.9 Å². The van der Waals surface area contributed by atoms with E-state index in [-0.39, 0.29) is 6.04 Å². The van der Waals surface area contributed by atoms with Gasteiger partial charge in [0, 0.05) is 4.47 Å². The van der Waals surface area contributed by atoms with Gasteiger partial charge in [-0.05, 0) is 53.0 Å². The third-order valence-corrected chi connectivity index (χ3v) is 4.56. The van der Waals surface area contributed by atoms with E-state index in [1.54, 1.807) is 0 Å². The molecule has 0 aromatic heterocycles. The first-order chi connectivity index (χ1) is 10.1. The van der Waals surface area contributed by atoms with Crippen molar-refractivity contribution < 1.29 is 0 Å². The van der Waals surface area contributed by atoms with Crippen LogP contribution in [0.3, 0.4) is 0 Å². The van der Waals surface area contributed by atoms with Crippen molar-refractivity contribution in [2.45, 2.75) is 19.9 Å². The Labute approximate surface area is 133 Å². The van der Waals surface area contributed by atoms with Crippen molar-refractivity contribution in [3.63, 3.8) is 0 Å². The number of halogens is 1. The summed E-state index contributed by atoms with van der Waals surface area (Å²) in [5, 5.41) is 0. The summed E-state index contributed by atoms with van der Waals surface area (Å²) < 4.78 is 1.03. The Hall–Kier alpha value is -1.81. The third-order valence-electron chi connectivity index (χ3n) is 3.89. The van der Waals surface area contributed by atoms with Gasteiger partial charge in [-0.15, -0.1) is 0 Å². The summed E-state index contributed by atoms with van der Waals surface area (Å²) in [6.07, 6.45) is 0. The zero-order valence-corrected chi connectivity index (χ0v) is 13.8. The lowest BCUT2D eigenvalue weighted by atomic mass is 9.98. The summed E-state index contributed by atoms with van der Waals surface area (Å²) in [6, 6.07) is 14.8. The quantitative estimate of drug-likeness (QED) is 0.897. The van der Waals surface area contributed by atoms with Crippen molar-refractivity contribution in [2.75, 3.05) is 11.4 Å². The van der Waals surface area contributed by atoms with Crippen LogP contribution in [0.25, 0.3) is 0 Å². The Morgan fingerprint density at radius 2 is 1.95 bits per heavy atom. The molecule has 1 atom stereocenters. The highest BCUT2D eigenvalue weighted by Crippen LogP contribution is 2.36. The van der Waals surface area contributed by atoms with E-state index in [9.17, 15) is 0 Å². The molecule has 0 saturated carbocycles. The van der Waals surface area contributed by atoms with Crippen LogP contribution in [-0.2, 0) is 0 Å². The largest absolute Gasteiger partial charge is 0.369 e. The van der Waals surface area contributed by atoms with Gasteiger partial charge < -0.3 is 10.6 Å². The highest BCUT2D eigenvalue weighted by Gasteiger charge is 2.30. The first-order valence-electron chi connectivity index (χ1n) is 6.99. The molecule has 1 aliphatic rings. The Bertz CT molecular complexity index is 709. The molecule has 2 N–H and O–H groups in total. The number of hydrogen-bond acceptors (Lipinski definition) is 3. The van der Waals surface area contributed by atoms with Crippen molar-refractivity contribution in [1.29, 1.82) is 0 Å². The predicted octanol–water partition coefficient (Wildman–Crippen LogP) is 3.94. The molecule has 0 spiro atoms. The molecule has 3 rings (SSSR count). The van der Waals surface area contributed by atoms with E-state index in [1.807, 2.05) is 18.2 Å². The Morgan fingerprint density at radius 3 is 2.71 bits per heavy atom. The summed E-state index contributed by atoms with van der Waals surface area (Å²) in [6.45, 7) is 4.95. The van der Waals surface area contributed by atoms with Crippen molar-refractivity contribution in [2.24, 2.45) is 10.7 Å². The van der Waals surface area contributed by atoms with E-state index in [0.717, 1.165) is 10.2 Å².